The van der Waals surface area contributed by atoms with E-state index in [-0.39, 0.29) is 12.5 Å². The number of H-pyrrole nitrogens is 1. The van der Waals surface area contributed by atoms with Gasteiger partial charge in [0.1, 0.15) is 0 Å². The zero-order valence-electron chi connectivity index (χ0n) is 9.04. The lowest BCUT2D eigenvalue weighted by atomic mass is 10.0. The van der Waals surface area contributed by atoms with Gasteiger partial charge in [0.05, 0.1) is 6.61 Å². The number of aromatic nitrogens is 2. The first-order valence-corrected chi connectivity index (χ1v) is 5.73. The number of aromatic amines is 1. The summed E-state index contributed by atoms with van der Waals surface area (Å²) in [5, 5.41) is -0.545. The van der Waals surface area contributed by atoms with Gasteiger partial charge >= 0.3 is 5.69 Å². The van der Waals surface area contributed by atoms with Crippen molar-refractivity contribution in [2.24, 2.45) is 5.92 Å². The first-order valence-electron chi connectivity index (χ1n) is 5.35. The minimum atomic E-state index is -1.12. The molecule has 1 fully saturated rings. The highest BCUT2D eigenvalue weighted by Gasteiger charge is 2.18. The molecule has 1 unspecified atom stereocenters. The monoisotopic (exact) mass is 262 g/mol. The van der Waals surface area contributed by atoms with Crippen molar-refractivity contribution in [3.8, 4) is 0 Å². The molecule has 94 valence electrons. The van der Waals surface area contributed by atoms with Gasteiger partial charge in [0.2, 0.25) is 5.82 Å². The summed E-state index contributed by atoms with van der Waals surface area (Å²) in [5.41, 5.74) is -1.67. The van der Waals surface area contributed by atoms with E-state index in [4.69, 9.17) is 16.3 Å². The van der Waals surface area contributed by atoms with Gasteiger partial charge in [-0.25, -0.2) is 4.79 Å². The minimum Gasteiger partial charge on any atom is -0.381 e. The van der Waals surface area contributed by atoms with Gasteiger partial charge in [-0.05, 0) is 12.8 Å². The molecule has 0 bridgehead atoms. The zero-order valence-corrected chi connectivity index (χ0v) is 9.80. The van der Waals surface area contributed by atoms with Gasteiger partial charge in [-0.3, -0.25) is 14.3 Å². The summed E-state index contributed by atoms with van der Waals surface area (Å²) in [4.78, 5) is 25.1. The van der Waals surface area contributed by atoms with Crippen molar-refractivity contribution in [2.75, 3.05) is 13.2 Å². The molecule has 0 amide bonds. The highest BCUT2D eigenvalue weighted by atomic mass is 35.5. The fraction of sp³-hybridized carbons (Fsp3) is 0.600. The lowest BCUT2D eigenvalue weighted by molar-refractivity contribution is 0.0473. The molecule has 1 aliphatic heterocycles. The van der Waals surface area contributed by atoms with E-state index in [0.717, 1.165) is 17.4 Å². The van der Waals surface area contributed by atoms with E-state index in [2.05, 4.69) is 4.98 Å². The predicted molar refractivity (Wildman–Crippen MR) is 59.8 cm³/mol. The van der Waals surface area contributed by atoms with Crippen LogP contribution in [0.5, 0.6) is 0 Å². The number of hydrogen-bond acceptors (Lipinski definition) is 3. The van der Waals surface area contributed by atoms with Gasteiger partial charge in [0.15, 0.2) is 5.15 Å². The normalized spacial score (nSPS) is 20.5. The SMILES string of the molecule is O=c1[nH]c(Cl)c(F)c(=O)n1CC1CCCOC1. The summed E-state index contributed by atoms with van der Waals surface area (Å²) in [6.07, 6.45) is 1.74. The Labute approximate surface area is 101 Å². The van der Waals surface area contributed by atoms with Crippen molar-refractivity contribution >= 4 is 11.6 Å². The molecule has 0 spiro atoms. The number of hydrogen-bond donors (Lipinski definition) is 1. The van der Waals surface area contributed by atoms with Crippen LogP contribution in [-0.4, -0.2) is 22.8 Å². The third-order valence-corrected chi connectivity index (χ3v) is 3.04. The van der Waals surface area contributed by atoms with Crippen LogP contribution in [0, 0.1) is 11.7 Å². The second kappa shape index (κ2) is 5.01. The first kappa shape index (κ1) is 12.3. The van der Waals surface area contributed by atoms with Crippen molar-refractivity contribution in [3.05, 3.63) is 31.8 Å². The maximum Gasteiger partial charge on any atom is 0.329 e. The Hall–Kier alpha value is -1.14. The van der Waals surface area contributed by atoms with Gasteiger partial charge in [-0.2, -0.15) is 4.39 Å². The van der Waals surface area contributed by atoms with E-state index >= 15 is 0 Å². The van der Waals surface area contributed by atoms with Crippen molar-refractivity contribution in [2.45, 2.75) is 19.4 Å². The Morgan fingerprint density at radius 3 is 2.94 bits per heavy atom. The van der Waals surface area contributed by atoms with Crippen LogP contribution in [0.3, 0.4) is 0 Å². The average molecular weight is 263 g/mol. The van der Waals surface area contributed by atoms with Crippen LogP contribution in [0.15, 0.2) is 9.59 Å². The van der Waals surface area contributed by atoms with E-state index in [1.165, 1.54) is 0 Å². The summed E-state index contributed by atoms with van der Waals surface area (Å²) >= 11 is 5.37. The standard InChI is InChI=1S/C10H12ClFN2O3/c11-8-7(12)9(15)14(10(16)13-8)4-6-2-1-3-17-5-6/h6H,1-5H2,(H,13,16). The molecule has 7 heteroatoms. The summed E-state index contributed by atoms with van der Waals surface area (Å²) < 4.78 is 19.3. The quantitative estimate of drug-likeness (QED) is 0.800. The molecule has 1 aliphatic rings. The first-order chi connectivity index (χ1) is 8.09. The molecule has 5 nitrogen and oxygen atoms in total. The maximum absolute atomic E-state index is 13.3. The van der Waals surface area contributed by atoms with Crippen molar-refractivity contribution in [1.82, 2.24) is 9.55 Å². The van der Waals surface area contributed by atoms with Crippen LogP contribution in [0.25, 0.3) is 0 Å². The number of nitrogens with zero attached hydrogens (tertiary/aromatic N) is 1. The van der Waals surface area contributed by atoms with E-state index in [0.29, 0.717) is 13.2 Å². The maximum atomic E-state index is 13.3. The van der Waals surface area contributed by atoms with Crippen molar-refractivity contribution in [1.29, 1.82) is 0 Å². The van der Waals surface area contributed by atoms with E-state index in [1.807, 2.05) is 0 Å². The Morgan fingerprint density at radius 2 is 2.29 bits per heavy atom. The Kier molecular flexibility index (Phi) is 3.63. The molecule has 1 N–H and O–H groups in total. The molecule has 0 saturated carbocycles. The van der Waals surface area contributed by atoms with Gasteiger partial charge in [0, 0.05) is 19.1 Å². The fourth-order valence-electron chi connectivity index (χ4n) is 1.90. The zero-order chi connectivity index (χ0) is 12.4. The van der Waals surface area contributed by atoms with Gasteiger partial charge in [-0.15, -0.1) is 0 Å². The molecule has 2 rings (SSSR count). The Bertz CT molecular complexity index is 519. The second-order valence-electron chi connectivity index (χ2n) is 4.06. The van der Waals surface area contributed by atoms with Crippen LogP contribution in [0.4, 0.5) is 4.39 Å². The predicted octanol–water partition coefficient (Wildman–Crippen LogP) is 0.756. The topological polar surface area (TPSA) is 64.1 Å². The third kappa shape index (κ3) is 2.58. The summed E-state index contributed by atoms with van der Waals surface area (Å²) in [7, 11) is 0. The number of nitrogens with one attached hydrogen (secondary N) is 1. The van der Waals surface area contributed by atoms with Gasteiger partial charge in [0.25, 0.3) is 5.56 Å². The summed E-state index contributed by atoms with van der Waals surface area (Å²) in [6, 6.07) is 0. The summed E-state index contributed by atoms with van der Waals surface area (Å²) in [5.74, 6) is -1.06. The van der Waals surface area contributed by atoms with Crippen molar-refractivity contribution < 1.29 is 9.13 Å². The van der Waals surface area contributed by atoms with E-state index < -0.39 is 22.2 Å². The molecule has 17 heavy (non-hydrogen) atoms. The molecule has 0 aliphatic carbocycles. The smallest absolute Gasteiger partial charge is 0.329 e. The van der Waals surface area contributed by atoms with Crippen LogP contribution in [0.1, 0.15) is 12.8 Å². The number of halogens is 2. The van der Waals surface area contributed by atoms with Crippen LogP contribution in [-0.2, 0) is 11.3 Å². The largest absolute Gasteiger partial charge is 0.381 e. The van der Waals surface area contributed by atoms with Gasteiger partial charge in [-0.1, -0.05) is 11.6 Å². The van der Waals surface area contributed by atoms with Crippen LogP contribution in [0.2, 0.25) is 5.15 Å². The molecule has 1 aromatic heterocycles. The molecule has 0 aromatic carbocycles. The van der Waals surface area contributed by atoms with Crippen molar-refractivity contribution in [3.63, 3.8) is 0 Å². The third-order valence-electron chi connectivity index (χ3n) is 2.78. The number of rotatable bonds is 2. The van der Waals surface area contributed by atoms with Crippen LogP contribution >= 0.6 is 11.6 Å². The molecule has 1 atom stereocenters. The minimum absolute atomic E-state index is 0.0584. The number of ether oxygens (including phenoxy) is 1. The molecule has 2 heterocycles. The fourth-order valence-corrected chi connectivity index (χ4v) is 2.06. The molecule has 0 radical (unpaired) electrons. The second-order valence-corrected chi connectivity index (χ2v) is 4.44. The van der Waals surface area contributed by atoms with E-state index in [1.54, 1.807) is 0 Å². The van der Waals surface area contributed by atoms with Gasteiger partial charge < -0.3 is 4.74 Å². The molecular formula is C10H12ClFN2O3. The molecular weight excluding hydrogens is 251 g/mol. The highest BCUT2D eigenvalue weighted by molar-refractivity contribution is 6.29. The Morgan fingerprint density at radius 1 is 1.53 bits per heavy atom. The molecule has 1 aromatic rings. The average Bonchev–Trinajstić information content (AvgIpc) is 2.33. The lowest BCUT2D eigenvalue weighted by Crippen LogP contribution is -2.40. The van der Waals surface area contributed by atoms with Crippen LogP contribution < -0.4 is 11.2 Å². The Balaban J connectivity index is 2.29. The summed E-state index contributed by atoms with van der Waals surface area (Å²) in [6.45, 7) is 1.33. The highest BCUT2D eigenvalue weighted by Crippen LogP contribution is 2.14. The lowest BCUT2D eigenvalue weighted by Gasteiger charge is -2.22. The van der Waals surface area contributed by atoms with E-state index in [9.17, 15) is 14.0 Å². The molecule has 1 saturated heterocycles.